The highest BCUT2D eigenvalue weighted by molar-refractivity contribution is 5.97. The molecule has 196 valence electrons. The average molecular weight is 500 g/mol. The normalized spacial score (nSPS) is 20.6. The molecule has 1 aliphatic carbocycles. The molecular formula is C27H38FN5O3. The summed E-state index contributed by atoms with van der Waals surface area (Å²) in [6.45, 7) is 4.44. The van der Waals surface area contributed by atoms with Gasteiger partial charge in [0.15, 0.2) is 0 Å². The first-order chi connectivity index (χ1) is 17.4. The molecule has 0 unspecified atom stereocenters. The highest BCUT2D eigenvalue weighted by Crippen LogP contribution is 2.32. The van der Waals surface area contributed by atoms with Crippen molar-refractivity contribution < 1.29 is 13.9 Å². The molecule has 3 aliphatic rings. The summed E-state index contributed by atoms with van der Waals surface area (Å²) in [5, 5.41) is 7.52. The van der Waals surface area contributed by atoms with E-state index in [0.717, 1.165) is 56.3 Å². The second-order valence-electron chi connectivity index (χ2n) is 10.8. The lowest BCUT2D eigenvalue weighted by molar-refractivity contribution is 0.0897. The number of carbonyl (C=O) groups is 1. The van der Waals surface area contributed by atoms with Crippen molar-refractivity contribution in [2.75, 3.05) is 20.1 Å². The maximum Gasteiger partial charge on any atom is 0.350 e. The van der Waals surface area contributed by atoms with Crippen LogP contribution in [0.5, 0.6) is 5.75 Å². The molecule has 9 heteroatoms. The van der Waals surface area contributed by atoms with E-state index in [1.165, 1.54) is 31.4 Å². The SMILES string of the molecule is C[C@H](Oc1cc(-n2nc3n(c2=O)CCCC3)c(F)cc1C(=O)NC1CCN(C)CC1)C1CCCCC1. The molecule has 1 atom stereocenters. The first kappa shape index (κ1) is 25.0. The van der Waals surface area contributed by atoms with Gasteiger partial charge in [-0.3, -0.25) is 9.36 Å². The van der Waals surface area contributed by atoms with Gasteiger partial charge in [-0.05, 0) is 77.6 Å². The van der Waals surface area contributed by atoms with Crippen LogP contribution in [0.25, 0.3) is 5.69 Å². The van der Waals surface area contributed by atoms with Crippen LogP contribution >= 0.6 is 0 Å². The highest BCUT2D eigenvalue weighted by Gasteiger charge is 2.28. The number of likely N-dealkylation sites (tertiary alicyclic amines) is 1. The van der Waals surface area contributed by atoms with E-state index in [4.69, 9.17) is 4.74 Å². The van der Waals surface area contributed by atoms with Crippen LogP contribution in [0.1, 0.15) is 80.9 Å². The Hall–Kier alpha value is -2.68. The van der Waals surface area contributed by atoms with Crippen LogP contribution < -0.4 is 15.7 Å². The van der Waals surface area contributed by atoms with Crippen molar-refractivity contribution in [1.82, 2.24) is 24.6 Å². The van der Waals surface area contributed by atoms with Crippen molar-refractivity contribution in [1.29, 1.82) is 0 Å². The number of benzene rings is 1. The number of rotatable bonds is 6. The summed E-state index contributed by atoms with van der Waals surface area (Å²) in [6, 6.07) is 2.76. The fourth-order valence-corrected chi connectivity index (χ4v) is 5.85. The van der Waals surface area contributed by atoms with E-state index in [9.17, 15) is 9.59 Å². The smallest absolute Gasteiger partial charge is 0.350 e. The van der Waals surface area contributed by atoms with Crippen LogP contribution in [-0.2, 0) is 13.0 Å². The number of aryl methyl sites for hydroxylation is 1. The van der Waals surface area contributed by atoms with Crippen LogP contribution in [0, 0.1) is 11.7 Å². The van der Waals surface area contributed by atoms with Crippen LogP contribution in [0.15, 0.2) is 16.9 Å². The van der Waals surface area contributed by atoms with Gasteiger partial charge in [0.05, 0.1) is 11.7 Å². The number of fused-ring (bicyclic) bond motifs is 1. The van der Waals surface area contributed by atoms with Gasteiger partial charge in [-0.25, -0.2) is 9.18 Å². The summed E-state index contributed by atoms with van der Waals surface area (Å²) in [5.74, 6) is 0.385. The molecule has 0 radical (unpaired) electrons. The number of ether oxygens (including phenoxy) is 1. The predicted octanol–water partition coefficient (Wildman–Crippen LogP) is 3.68. The summed E-state index contributed by atoms with van der Waals surface area (Å²) in [7, 11) is 2.07. The third-order valence-electron chi connectivity index (χ3n) is 8.17. The summed E-state index contributed by atoms with van der Waals surface area (Å²) in [4.78, 5) is 28.6. The molecule has 1 saturated carbocycles. The Balaban J connectivity index is 1.47. The molecule has 2 fully saturated rings. The fraction of sp³-hybridized carbons (Fsp3) is 0.667. The Morgan fingerprint density at radius 1 is 1.08 bits per heavy atom. The molecule has 3 heterocycles. The van der Waals surface area contributed by atoms with Gasteiger partial charge in [0.2, 0.25) is 0 Å². The first-order valence-corrected chi connectivity index (χ1v) is 13.6. The molecule has 2 aromatic rings. The molecule has 1 saturated heterocycles. The third-order valence-corrected chi connectivity index (χ3v) is 8.17. The van der Waals surface area contributed by atoms with Gasteiger partial charge in [0.1, 0.15) is 23.1 Å². The number of hydrogen-bond acceptors (Lipinski definition) is 5. The Morgan fingerprint density at radius 3 is 2.56 bits per heavy atom. The molecule has 0 bridgehead atoms. The van der Waals surface area contributed by atoms with E-state index in [2.05, 4.69) is 22.4 Å². The lowest BCUT2D eigenvalue weighted by Gasteiger charge is -2.30. The van der Waals surface area contributed by atoms with Gasteiger partial charge in [-0.1, -0.05) is 19.3 Å². The molecule has 1 N–H and O–H groups in total. The lowest BCUT2D eigenvalue weighted by atomic mass is 9.86. The van der Waals surface area contributed by atoms with Gasteiger partial charge in [-0.15, -0.1) is 5.10 Å². The maximum atomic E-state index is 15.5. The van der Waals surface area contributed by atoms with Gasteiger partial charge < -0.3 is 15.0 Å². The summed E-state index contributed by atoms with van der Waals surface area (Å²) >= 11 is 0. The number of amides is 1. The van der Waals surface area contributed by atoms with Crippen LogP contribution in [0.3, 0.4) is 0 Å². The quantitative estimate of drug-likeness (QED) is 0.656. The van der Waals surface area contributed by atoms with Crippen LogP contribution in [0.4, 0.5) is 4.39 Å². The molecule has 0 spiro atoms. The minimum atomic E-state index is -0.654. The van der Waals surface area contributed by atoms with E-state index in [0.29, 0.717) is 30.5 Å². The Morgan fingerprint density at radius 2 is 1.83 bits per heavy atom. The zero-order valence-corrected chi connectivity index (χ0v) is 21.5. The fourth-order valence-electron chi connectivity index (χ4n) is 5.85. The van der Waals surface area contributed by atoms with Crippen molar-refractivity contribution in [3.05, 3.63) is 39.8 Å². The van der Waals surface area contributed by atoms with Crippen molar-refractivity contribution in [2.45, 2.75) is 89.8 Å². The lowest BCUT2D eigenvalue weighted by Crippen LogP contribution is -2.43. The number of hydrogen-bond donors (Lipinski definition) is 1. The highest BCUT2D eigenvalue weighted by atomic mass is 19.1. The van der Waals surface area contributed by atoms with Crippen LogP contribution in [-0.4, -0.2) is 57.4 Å². The number of piperidine rings is 1. The van der Waals surface area contributed by atoms with E-state index in [1.807, 2.05) is 6.92 Å². The minimum absolute atomic E-state index is 0.0311. The second kappa shape index (κ2) is 10.7. The molecule has 8 nitrogen and oxygen atoms in total. The van der Waals surface area contributed by atoms with Gasteiger partial charge >= 0.3 is 5.69 Å². The predicted molar refractivity (Wildman–Crippen MR) is 135 cm³/mol. The van der Waals surface area contributed by atoms with E-state index >= 15 is 4.39 Å². The Kier molecular flexibility index (Phi) is 7.46. The maximum absolute atomic E-state index is 15.5. The van der Waals surface area contributed by atoms with Gasteiger partial charge in [0, 0.05) is 25.1 Å². The molecule has 1 aromatic heterocycles. The zero-order valence-electron chi connectivity index (χ0n) is 21.5. The molecule has 36 heavy (non-hydrogen) atoms. The second-order valence-corrected chi connectivity index (χ2v) is 10.8. The van der Waals surface area contributed by atoms with E-state index in [-0.39, 0.29) is 35.0 Å². The van der Waals surface area contributed by atoms with Gasteiger partial charge in [-0.2, -0.15) is 4.68 Å². The molecule has 5 rings (SSSR count). The Bertz CT molecular complexity index is 1150. The van der Waals surface area contributed by atoms with E-state index in [1.54, 1.807) is 4.57 Å². The number of nitrogens with one attached hydrogen (secondary N) is 1. The van der Waals surface area contributed by atoms with Crippen molar-refractivity contribution in [3.8, 4) is 11.4 Å². The third kappa shape index (κ3) is 5.21. The number of halogens is 1. The summed E-state index contributed by atoms with van der Waals surface area (Å²) < 4.78 is 24.6. The van der Waals surface area contributed by atoms with Crippen molar-refractivity contribution in [3.63, 3.8) is 0 Å². The van der Waals surface area contributed by atoms with E-state index < -0.39 is 5.82 Å². The number of nitrogens with zero attached hydrogens (tertiary/aromatic N) is 4. The monoisotopic (exact) mass is 499 g/mol. The Labute approximate surface area is 211 Å². The molecule has 1 aromatic carbocycles. The summed E-state index contributed by atoms with van der Waals surface area (Å²) in [5.41, 5.74) is -0.142. The molecule has 2 aliphatic heterocycles. The average Bonchev–Trinajstić information content (AvgIpc) is 3.23. The zero-order chi connectivity index (χ0) is 25.2. The first-order valence-electron chi connectivity index (χ1n) is 13.6. The van der Waals surface area contributed by atoms with Crippen molar-refractivity contribution in [2.24, 2.45) is 5.92 Å². The summed E-state index contributed by atoms with van der Waals surface area (Å²) in [6.07, 6.45) is 9.90. The topological polar surface area (TPSA) is 81.4 Å². The standard InChI is InChI=1S/C27H38FN5O3/c1-18(19-8-4-3-5-9-19)36-24-17-23(33-27(35)32-13-7-6-10-25(32)30-33)22(28)16-21(24)26(34)29-20-11-14-31(2)15-12-20/h16-20H,3-15H2,1-2H3,(H,29,34)/t18-/m0/s1. The number of carbonyl (C=O) groups excluding carboxylic acids is 1. The molecular weight excluding hydrogens is 461 g/mol. The van der Waals surface area contributed by atoms with Crippen LogP contribution in [0.2, 0.25) is 0 Å². The van der Waals surface area contributed by atoms with Crippen molar-refractivity contribution >= 4 is 5.91 Å². The number of aromatic nitrogens is 3. The minimum Gasteiger partial charge on any atom is -0.490 e. The largest absolute Gasteiger partial charge is 0.490 e. The molecule has 1 amide bonds. The van der Waals surface area contributed by atoms with Gasteiger partial charge in [0.25, 0.3) is 5.91 Å².